The molecule has 0 saturated heterocycles. The van der Waals surface area contributed by atoms with Gasteiger partial charge in [-0.1, -0.05) is 6.42 Å². The number of hydrogen-bond acceptors (Lipinski definition) is 4. The molecule has 1 aliphatic heterocycles. The standard InChI is InChI=1S/C13H12N2O4/c16-11-7-4-5-14-6-9(7)12(17)15(11)10-3-1-2-8(10)13(18)19/h4-6,8,10H,1-3H2,(H,18,19). The van der Waals surface area contributed by atoms with E-state index in [2.05, 4.69) is 4.98 Å². The molecule has 2 aliphatic rings. The zero-order chi connectivity index (χ0) is 13.6. The minimum atomic E-state index is -0.947. The van der Waals surface area contributed by atoms with Crippen LogP contribution in [0.2, 0.25) is 0 Å². The number of carboxylic acid groups (broad SMARTS) is 1. The maximum atomic E-state index is 12.2. The van der Waals surface area contributed by atoms with Crippen molar-refractivity contribution in [3.8, 4) is 0 Å². The Morgan fingerprint density at radius 3 is 2.68 bits per heavy atom. The minimum absolute atomic E-state index is 0.267. The van der Waals surface area contributed by atoms with Gasteiger partial charge in [-0.25, -0.2) is 0 Å². The molecule has 2 unspecified atom stereocenters. The zero-order valence-electron chi connectivity index (χ0n) is 10.1. The lowest BCUT2D eigenvalue weighted by Crippen LogP contribution is -2.44. The number of carboxylic acids is 1. The van der Waals surface area contributed by atoms with Gasteiger partial charge in [-0.2, -0.15) is 0 Å². The maximum absolute atomic E-state index is 12.2. The van der Waals surface area contributed by atoms with Crippen molar-refractivity contribution in [1.82, 2.24) is 9.88 Å². The van der Waals surface area contributed by atoms with Gasteiger partial charge < -0.3 is 5.11 Å². The fourth-order valence-electron chi connectivity index (χ4n) is 2.94. The van der Waals surface area contributed by atoms with Crippen LogP contribution in [0.4, 0.5) is 0 Å². The largest absolute Gasteiger partial charge is 0.481 e. The van der Waals surface area contributed by atoms with Crippen LogP contribution in [0.3, 0.4) is 0 Å². The molecule has 0 radical (unpaired) electrons. The van der Waals surface area contributed by atoms with Gasteiger partial charge >= 0.3 is 5.97 Å². The Labute approximate surface area is 109 Å². The highest BCUT2D eigenvalue weighted by atomic mass is 16.4. The normalized spacial score (nSPS) is 25.8. The van der Waals surface area contributed by atoms with Gasteiger partial charge in [-0.05, 0) is 18.9 Å². The van der Waals surface area contributed by atoms with Crippen LogP contribution in [-0.4, -0.2) is 38.8 Å². The lowest BCUT2D eigenvalue weighted by Gasteiger charge is -2.25. The first-order chi connectivity index (χ1) is 9.11. The summed E-state index contributed by atoms with van der Waals surface area (Å²) in [5.74, 6) is -2.43. The molecular weight excluding hydrogens is 248 g/mol. The summed E-state index contributed by atoms with van der Waals surface area (Å²) in [6.45, 7) is 0. The van der Waals surface area contributed by atoms with Gasteiger partial charge in [0.15, 0.2) is 0 Å². The van der Waals surface area contributed by atoms with Crippen LogP contribution >= 0.6 is 0 Å². The number of imide groups is 1. The lowest BCUT2D eigenvalue weighted by atomic mass is 10.0. The summed E-state index contributed by atoms with van der Waals surface area (Å²) in [5.41, 5.74) is 0.583. The van der Waals surface area contributed by atoms with Crippen molar-refractivity contribution in [2.45, 2.75) is 25.3 Å². The Morgan fingerprint density at radius 2 is 2.00 bits per heavy atom. The number of amides is 2. The number of carbonyl (C=O) groups excluding carboxylic acids is 2. The molecule has 19 heavy (non-hydrogen) atoms. The lowest BCUT2D eigenvalue weighted by molar-refractivity contribution is -0.142. The smallest absolute Gasteiger partial charge is 0.308 e. The Balaban J connectivity index is 1.98. The number of carbonyl (C=O) groups is 3. The molecule has 0 aromatic carbocycles. The van der Waals surface area contributed by atoms with Crippen molar-refractivity contribution in [1.29, 1.82) is 0 Å². The first-order valence-corrected chi connectivity index (χ1v) is 6.16. The van der Waals surface area contributed by atoms with E-state index in [1.54, 1.807) is 0 Å². The number of aromatic nitrogens is 1. The minimum Gasteiger partial charge on any atom is -0.481 e. The van der Waals surface area contributed by atoms with Crippen LogP contribution in [0.15, 0.2) is 18.5 Å². The van der Waals surface area contributed by atoms with Gasteiger partial charge in [0.05, 0.1) is 23.1 Å². The number of rotatable bonds is 2. The first kappa shape index (κ1) is 11.8. The molecule has 98 valence electrons. The van der Waals surface area contributed by atoms with Gasteiger partial charge in [0.2, 0.25) is 0 Å². The molecular formula is C13H12N2O4. The Kier molecular flexibility index (Phi) is 2.58. The van der Waals surface area contributed by atoms with Gasteiger partial charge in [-0.3, -0.25) is 24.3 Å². The molecule has 6 heteroatoms. The SMILES string of the molecule is O=C(O)C1CCCC1N1C(=O)c2ccncc2C1=O. The van der Waals surface area contributed by atoms with Gasteiger partial charge in [0, 0.05) is 12.4 Å². The molecule has 0 spiro atoms. The summed E-state index contributed by atoms with van der Waals surface area (Å²) < 4.78 is 0. The molecule has 1 saturated carbocycles. The van der Waals surface area contributed by atoms with E-state index < -0.39 is 29.7 Å². The molecule has 2 atom stereocenters. The molecule has 2 heterocycles. The number of nitrogens with zero attached hydrogens (tertiary/aromatic N) is 2. The van der Waals surface area contributed by atoms with Crippen LogP contribution in [-0.2, 0) is 4.79 Å². The van der Waals surface area contributed by atoms with Gasteiger partial charge in [-0.15, -0.1) is 0 Å². The number of hydrogen-bond donors (Lipinski definition) is 1. The average Bonchev–Trinajstić information content (AvgIpc) is 2.95. The topological polar surface area (TPSA) is 87.6 Å². The summed E-state index contributed by atoms with van der Waals surface area (Å²) in [6, 6.07) is 0.963. The highest BCUT2D eigenvalue weighted by molar-refractivity contribution is 6.21. The zero-order valence-corrected chi connectivity index (χ0v) is 10.1. The predicted octanol–water partition coefficient (Wildman–Crippen LogP) is 0.931. The Hall–Kier alpha value is -2.24. The maximum Gasteiger partial charge on any atom is 0.308 e. The summed E-state index contributed by atoms with van der Waals surface area (Å²) >= 11 is 0. The molecule has 1 aliphatic carbocycles. The van der Waals surface area contributed by atoms with Crippen molar-refractivity contribution < 1.29 is 19.5 Å². The van der Waals surface area contributed by atoms with Crippen LogP contribution in [0.1, 0.15) is 40.0 Å². The highest BCUT2D eigenvalue weighted by Gasteiger charge is 2.46. The van der Waals surface area contributed by atoms with Gasteiger partial charge in [0.25, 0.3) is 11.8 Å². The van der Waals surface area contributed by atoms with E-state index in [9.17, 15) is 19.5 Å². The fourth-order valence-corrected chi connectivity index (χ4v) is 2.94. The molecule has 1 N–H and O–H groups in total. The molecule has 1 aromatic rings. The van der Waals surface area contributed by atoms with Crippen molar-refractivity contribution in [3.63, 3.8) is 0 Å². The van der Waals surface area contributed by atoms with E-state index in [-0.39, 0.29) is 5.56 Å². The van der Waals surface area contributed by atoms with E-state index >= 15 is 0 Å². The molecule has 6 nitrogen and oxygen atoms in total. The number of pyridine rings is 1. The second-order valence-electron chi connectivity index (χ2n) is 4.84. The summed E-state index contributed by atoms with van der Waals surface area (Å²) in [5, 5.41) is 9.17. The third-order valence-corrected chi connectivity index (χ3v) is 3.85. The summed E-state index contributed by atoms with van der Waals surface area (Å²) in [4.78, 5) is 40.6. The van der Waals surface area contributed by atoms with E-state index in [0.29, 0.717) is 24.8 Å². The summed E-state index contributed by atoms with van der Waals surface area (Å²) in [6.07, 6.45) is 4.59. The van der Waals surface area contributed by atoms with E-state index in [1.807, 2.05) is 0 Å². The quantitative estimate of drug-likeness (QED) is 0.799. The van der Waals surface area contributed by atoms with E-state index in [4.69, 9.17) is 0 Å². The molecule has 1 aromatic heterocycles. The molecule has 1 fully saturated rings. The highest BCUT2D eigenvalue weighted by Crippen LogP contribution is 2.35. The first-order valence-electron chi connectivity index (χ1n) is 6.16. The third-order valence-electron chi connectivity index (χ3n) is 3.85. The van der Waals surface area contributed by atoms with Crippen molar-refractivity contribution in [2.24, 2.45) is 5.92 Å². The second-order valence-corrected chi connectivity index (χ2v) is 4.84. The van der Waals surface area contributed by atoms with Crippen molar-refractivity contribution in [2.75, 3.05) is 0 Å². The van der Waals surface area contributed by atoms with E-state index in [0.717, 1.165) is 4.90 Å². The number of fused-ring (bicyclic) bond motifs is 1. The summed E-state index contributed by atoms with van der Waals surface area (Å²) in [7, 11) is 0. The van der Waals surface area contributed by atoms with Crippen LogP contribution in [0.5, 0.6) is 0 Å². The molecule has 3 rings (SSSR count). The second kappa shape index (κ2) is 4.15. The fraction of sp³-hybridized carbons (Fsp3) is 0.385. The monoisotopic (exact) mass is 260 g/mol. The molecule has 2 amide bonds. The number of aliphatic carboxylic acids is 1. The van der Waals surface area contributed by atoms with Crippen molar-refractivity contribution in [3.05, 3.63) is 29.6 Å². The van der Waals surface area contributed by atoms with Crippen LogP contribution < -0.4 is 0 Å². The Bertz CT molecular complexity index is 549. The average molecular weight is 260 g/mol. The Morgan fingerprint density at radius 1 is 1.26 bits per heavy atom. The van der Waals surface area contributed by atoms with Gasteiger partial charge in [0.1, 0.15) is 0 Å². The van der Waals surface area contributed by atoms with Crippen molar-refractivity contribution >= 4 is 17.8 Å². The van der Waals surface area contributed by atoms with Crippen LogP contribution in [0.25, 0.3) is 0 Å². The van der Waals surface area contributed by atoms with Crippen LogP contribution in [0, 0.1) is 5.92 Å². The van der Waals surface area contributed by atoms with E-state index in [1.165, 1.54) is 18.5 Å². The molecule has 0 bridgehead atoms. The predicted molar refractivity (Wildman–Crippen MR) is 63.5 cm³/mol. The third kappa shape index (κ3) is 1.63.